The summed E-state index contributed by atoms with van der Waals surface area (Å²) >= 11 is 0. The topological polar surface area (TPSA) is 26.0 Å². The summed E-state index contributed by atoms with van der Waals surface area (Å²) in [5.41, 5.74) is 9.00. The predicted molar refractivity (Wildman–Crippen MR) is 74.2 cm³/mol. The van der Waals surface area contributed by atoms with Crippen molar-refractivity contribution in [3.05, 3.63) is 35.4 Å². The van der Waals surface area contributed by atoms with E-state index >= 15 is 0 Å². The SMILES string of the molecule is CC1(C)CCCC(c2ccc(CCN)cc2)C1. The van der Waals surface area contributed by atoms with Gasteiger partial charge >= 0.3 is 0 Å². The van der Waals surface area contributed by atoms with Crippen LogP contribution in [0, 0.1) is 5.41 Å². The molecule has 1 aliphatic rings. The van der Waals surface area contributed by atoms with Crippen molar-refractivity contribution in [1.82, 2.24) is 0 Å². The van der Waals surface area contributed by atoms with Crippen molar-refractivity contribution >= 4 is 0 Å². The van der Waals surface area contributed by atoms with Gasteiger partial charge in [0.15, 0.2) is 0 Å². The monoisotopic (exact) mass is 231 g/mol. The second-order valence-electron chi connectivity index (χ2n) is 6.24. The lowest BCUT2D eigenvalue weighted by Gasteiger charge is -2.35. The van der Waals surface area contributed by atoms with Crippen molar-refractivity contribution in [3.63, 3.8) is 0 Å². The zero-order valence-electron chi connectivity index (χ0n) is 11.2. The highest BCUT2D eigenvalue weighted by Crippen LogP contribution is 2.43. The standard InChI is InChI=1S/C16H25N/c1-16(2)10-3-4-15(12-16)14-7-5-13(6-8-14)9-11-17/h5-8,15H,3-4,9-12,17H2,1-2H3. The second kappa shape index (κ2) is 5.22. The first-order chi connectivity index (χ1) is 8.11. The minimum absolute atomic E-state index is 0.527. The van der Waals surface area contributed by atoms with Gasteiger partial charge < -0.3 is 5.73 Å². The Hall–Kier alpha value is -0.820. The average molecular weight is 231 g/mol. The van der Waals surface area contributed by atoms with Crippen LogP contribution < -0.4 is 5.73 Å². The van der Waals surface area contributed by atoms with Gasteiger partial charge in [-0.1, -0.05) is 44.5 Å². The molecule has 94 valence electrons. The normalized spacial score (nSPS) is 23.6. The lowest BCUT2D eigenvalue weighted by atomic mass is 9.70. The Kier molecular flexibility index (Phi) is 3.88. The number of hydrogen-bond donors (Lipinski definition) is 1. The van der Waals surface area contributed by atoms with Gasteiger partial charge in [0.2, 0.25) is 0 Å². The van der Waals surface area contributed by atoms with Crippen LogP contribution in [0.4, 0.5) is 0 Å². The summed E-state index contributed by atoms with van der Waals surface area (Å²) in [5, 5.41) is 0. The van der Waals surface area contributed by atoms with Crippen molar-refractivity contribution in [3.8, 4) is 0 Å². The predicted octanol–water partition coefficient (Wildman–Crippen LogP) is 3.87. The van der Waals surface area contributed by atoms with Crippen LogP contribution in [-0.2, 0) is 6.42 Å². The quantitative estimate of drug-likeness (QED) is 0.839. The molecule has 1 aromatic carbocycles. The third kappa shape index (κ3) is 3.32. The van der Waals surface area contributed by atoms with Gasteiger partial charge in [-0.2, -0.15) is 0 Å². The van der Waals surface area contributed by atoms with E-state index in [1.54, 1.807) is 0 Å². The summed E-state index contributed by atoms with van der Waals surface area (Å²) in [6, 6.07) is 9.14. The van der Waals surface area contributed by atoms with E-state index in [1.807, 2.05) is 0 Å². The molecular weight excluding hydrogens is 206 g/mol. The molecule has 0 amide bonds. The number of nitrogens with two attached hydrogens (primary N) is 1. The fraction of sp³-hybridized carbons (Fsp3) is 0.625. The molecule has 2 N–H and O–H groups in total. The van der Waals surface area contributed by atoms with Gasteiger partial charge in [-0.25, -0.2) is 0 Å². The van der Waals surface area contributed by atoms with Gasteiger partial charge in [-0.3, -0.25) is 0 Å². The molecule has 0 heterocycles. The molecule has 1 heteroatoms. The average Bonchev–Trinajstić information content (AvgIpc) is 2.29. The van der Waals surface area contributed by atoms with Crippen molar-refractivity contribution in [1.29, 1.82) is 0 Å². The van der Waals surface area contributed by atoms with Crippen LogP contribution >= 0.6 is 0 Å². The molecule has 1 atom stereocenters. The van der Waals surface area contributed by atoms with E-state index in [0.29, 0.717) is 5.41 Å². The van der Waals surface area contributed by atoms with E-state index in [0.717, 1.165) is 18.9 Å². The maximum Gasteiger partial charge on any atom is -0.00367 e. The van der Waals surface area contributed by atoms with Gasteiger partial charge in [0, 0.05) is 0 Å². The molecule has 1 saturated carbocycles. The van der Waals surface area contributed by atoms with E-state index < -0.39 is 0 Å². The highest BCUT2D eigenvalue weighted by atomic mass is 14.5. The van der Waals surface area contributed by atoms with Crippen molar-refractivity contribution in [2.45, 2.75) is 51.9 Å². The summed E-state index contributed by atoms with van der Waals surface area (Å²) in [7, 11) is 0. The first-order valence-electron chi connectivity index (χ1n) is 6.90. The Bertz CT molecular complexity index is 350. The molecule has 0 radical (unpaired) electrons. The van der Waals surface area contributed by atoms with E-state index in [4.69, 9.17) is 5.73 Å². The molecule has 1 aromatic rings. The van der Waals surface area contributed by atoms with E-state index in [2.05, 4.69) is 38.1 Å². The summed E-state index contributed by atoms with van der Waals surface area (Å²) < 4.78 is 0. The molecule has 0 spiro atoms. The molecular formula is C16H25N. The highest BCUT2D eigenvalue weighted by molar-refractivity contribution is 5.26. The molecule has 0 saturated heterocycles. The molecule has 0 bridgehead atoms. The zero-order valence-corrected chi connectivity index (χ0v) is 11.2. The Labute approximate surface area is 105 Å². The largest absolute Gasteiger partial charge is 0.330 e. The van der Waals surface area contributed by atoms with Crippen LogP contribution in [0.1, 0.15) is 56.6 Å². The summed E-state index contributed by atoms with van der Waals surface area (Å²) in [6.45, 7) is 5.56. The maximum atomic E-state index is 5.58. The molecule has 1 unspecified atom stereocenters. The van der Waals surface area contributed by atoms with Gasteiger partial charge in [0.05, 0.1) is 0 Å². The lowest BCUT2D eigenvalue weighted by molar-refractivity contribution is 0.219. The number of hydrogen-bond acceptors (Lipinski definition) is 1. The summed E-state index contributed by atoms with van der Waals surface area (Å²) in [5.74, 6) is 0.769. The van der Waals surface area contributed by atoms with Crippen LogP contribution in [-0.4, -0.2) is 6.54 Å². The van der Waals surface area contributed by atoms with Crippen LogP contribution in [0.2, 0.25) is 0 Å². The highest BCUT2D eigenvalue weighted by Gasteiger charge is 2.28. The molecule has 0 aromatic heterocycles. The fourth-order valence-corrected chi connectivity index (χ4v) is 3.11. The van der Waals surface area contributed by atoms with E-state index in [-0.39, 0.29) is 0 Å². The Morgan fingerprint density at radius 2 is 1.94 bits per heavy atom. The molecule has 1 fully saturated rings. The first kappa shape index (κ1) is 12.6. The number of rotatable bonds is 3. The van der Waals surface area contributed by atoms with Crippen LogP contribution in [0.25, 0.3) is 0 Å². The zero-order chi connectivity index (χ0) is 12.3. The Morgan fingerprint density at radius 3 is 2.53 bits per heavy atom. The Balaban J connectivity index is 2.06. The number of benzene rings is 1. The lowest BCUT2D eigenvalue weighted by Crippen LogP contribution is -2.21. The smallest absolute Gasteiger partial charge is 0.00367 e. The maximum absolute atomic E-state index is 5.58. The van der Waals surface area contributed by atoms with Crippen LogP contribution in [0.15, 0.2) is 24.3 Å². The van der Waals surface area contributed by atoms with Gasteiger partial charge in [-0.05, 0) is 54.7 Å². The van der Waals surface area contributed by atoms with Crippen molar-refractivity contribution in [2.75, 3.05) is 6.54 Å². The van der Waals surface area contributed by atoms with E-state index in [9.17, 15) is 0 Å². The van der Waals surface area contributed by atoms with E-state index in [1.165, 1.54) is 36.8 Å². The third-order valence-electron chi connectivity index (χ3n) is 4.09. The molecule has 1 nitrogen and oxygen atoms in total. The first-order valence-corrected chi connectivity index (χ1v) is 6.90. The minimum atomic E-state index is 0.527. The molecule has 0 aliphatic heterocycles. The minimum Gasteiger partial charge on any atom is -0.330 e. The van der Waals surface area contributed by atoms with Gasteiger partial charge in [0.1, 0.15) is 0 Å². The van der Waals surface area contributed by atoms with Crippen LogP contribution in [0.3, 0.4) is 0 Å². The van der Waals surface area contributed by atoms with Crippen molar-refractivity contribution in [2.24, 2.45) is 11.1 Å². The molecule has 2 rings (SSSR count). The van der Waals surface area contributed by atoms with Crippen molar-refractivity contribution < 1.29 is 0 Å². The summed E-state index contributed by atoms with van der Waals surface area (Å²) in [6.07, 6.45) is 6.45. The Morgan fingerprint density at radius 1 is 1.24 bits per heavy atom. The summed E-state index contributed by atoms with van der Waals surface area (Å²) in [4.78, 5) is 0. The molecule has 1 aliphatic carbocycles. The second-order valence-corrected chi connectivity index (χ2v) is 6.24. The van der Waals surface area contributed by atoms with Gasteiger partial charge in [0.25, 0.3) is 0 Å². The van der Waals surface area contributed by atoms with Crippen LogP contribution in [0.5, 0.6) is 0 Å². The van der Waals surface area contributed by atoms with Gasteiger partial charge in [-0.15, -0.1) is 0 Å². The third-order valence-corrected chi connectivity index (χ3v) is 4.09. The fourth-order valence-electron chi connectivity index (χ4n) is 3.11. The molecule has 17 heavy (non-hydrogen) atoms.